The number of fused-ring (bicyclic) bond motifs is 1. The summed E-state index contributed by atoms with van der Waals surface area (Å²) in [5.41, 5.74) is 1.56. The monoisotopic (exact) mass is 534 g/mol. The molecular weight excluding hydrogens is 500 g/mol. The number of ether oxygens (including phenoxy) is 1. The second-order valence-electron chi connectivity index (χ2n) is 10.9. The fourth-order valence-electron chi connectivity index (χ4n) is 6.49. The summed E-state index contributed by atoms with van der Waals surface area (Å²) < 4.78 is 6.26. The molecule has 200 valence electrons. The highest BCUT2D eigenvalue weighted by atomic mass is 35.5. The van der Waals surface area contributed by atoms with Gasteiger partial charge >= 0.3 is 0 Å². The number of halogens is 1. The molecule has 4 heterocycles. The highest BCUT2D eigenvalue weighted by molar-refractivity contribution is 6.31. The first-order chi connectivity index (χ1) is 18.5. The lowest BCUT2D eigenvalue weighted by atomic mass is 9.77. The van der Waals surface area contributed by atoms with Gasteiger partial charge < -0.3 is 19.9 Å². The van der Waals surface area contributed by atoms with Crippen molar-refractivity contribution in [2.45, 2.75) is 31.2 Å². The number of nitrogens with one attached hydrogen (secondary N) is 1. The summed E-state index contributed by atoms with van der Waals surface area (Å²) in [7, 11) is 0. The van der Waals surface area contributed by atoms with E-state index in [0.29, 0.717) is 24.7 Å². The zero-order valence-electron chi connectivity index (χ0n) is 21.6. The lowest BCUT2D eigenvalue weighted by Gasteiger charge is -2.34. The maximum absolute atomic E-state index is 13.5. The minimum Gasteiger partial charge on any atom is -0.360 e. The number of hydrogen-bond acceptors (Lipinski definition) is 5. The van der Waals surface area contributed by atoms with Gasteiger partial charge in [-0.1, -0.05) is 72.3 Å². The van der Waals surface area contributed by atoms with E-state index in [9.17, 15) is 9.59 Å². The van der Waals surface area contributed by atoms with E-state index < -0.39 is 17.4 Å². The normalized spacial score (nSPS) is 28.7. The number of likely N-dealkylation sites (tertiary alicyclic amines) is 1. The van der Waals surface area contributed by atoms with E-state index in [1.165, 1.54) is 5.56 Å². The van der Waals surface area contributed by atoms with E-state index in [-0.39, 0.29) is 17.9 Å². The Bertz CT molecular complexity index is 1200. The summed E-state index contributed by atoms with van der Waals surface area (Å²) in [6, 6.07) is 18.2. The van der Waals surface area contributed by atoms with Gasteiger partial charge in [-0.3, -0.25) is 14.5 Å². The van der Waals surface area contributed by atoms with E-state index in [1.54, 1.807) is 4.90 Å². The van der Waals surface area contributed by atoms with Crippen LogP contribution in [0.4, 0.5) is 0 Å². The summed E-state index contributed by atoms with van der Waals surface area (Å²) in [5.74, 6) is -1.06. The highest BCUT2D eigenvalue weighted by Crippen LogP contribution is 2.52. The second kappa shape index (κ2) is 10.8. The van der Waals surface area contributed by atoms with Crippen LogP contribution < -0.4 is 5.32 Å². The number of hydrogen-bond donors (Lipinski definition) is 1. The van der Waals surface area contributed by atoms with Crippen molar-refractivity contribution in [1.82, 2.24) is 20.0 Å². The van der Waals surface area contributed by atoms with Crippen molar-refractivity contribution in [1.29, 1.82) is 0 Å². The molecule has 2 unspecified atom stereocenters. The molecule has 7 nitrogen and oxygen atoms in total. The molecule has 2 aromatic carbocycles. The molecule has 38 heavy (non-hydrogen) atoms. The number of carbonyl (C=O) groups excluding carboxylic acids is 2. The van der Waals surface area contributed by atoms with Crippen molar-refractivity contribution in [3.05, 3.63) is 82.9 Å². The Morgan fingerprint density at radius 1 is 1.00 bits per heavy atom. The van der Waals surface area contributed by atoms with Gasteiger partial charge in [0.05, 0.1) is 24.5 Å². The highest BCUT2D eigenvalue weighted by Gasteiger charge is 2.66. The van der Waals surface area contributed by atoms with Crippen LogP contribution in [0, 0.1) is 11.8 Å². The Kier molecular flexibility index (Phi) is 7.27. The van der Waals surface area contributed by atoms with Crippen molar-refractivity contribution in [3.63, 3.8) is 0 Å². The Balaban J connectivity index is 0.972. The first-order valence-electron chi connectivity index (χ1n) is 13.7. The molecule has 4 aliphatic heterocycles. The molecule has 3 fully saturated rings. The molecule has 3 saturated heterocycles. The zero-order chi connectivity index (χ0) is 26.1. The van der Waals surface area contributed by atoms with E-state index >= 15 is 0 Å². The fourth-order valence-corrected chi connectivity index (χ4v) is 6.68. The molecule has 8 heteroatoms. The van der Waals surface area contributed by atoms with Gasteiger partial charge in [-0.15, -0.1) is 0 Å². The SMILES string of the molecule is O=C(NCCCN1CCN(Cc2ccccc2)CC1)C1[C@H]2C=CC3(CN(Cc4ccccc4Cl)C(=O)[C@@H]13)O2. The molecule has 0 aliphatic carbocycles. The molecule has 0 saturated carbocycles. The van der Waals surface area contributed by atoms with Crippen LogP contribution in [0.15, 0.2) is 66.7 Å². The standard InChI is InChI=1S/C30H35ClN4O3/c31-24-10-5-4-9-23(24)20-35-21-30-12-11-25(38-30)26(27(30)29(35)37)28(36)32-13-6-14-33-15-17-34(18-16-33)19-22-7-2-1-3-8-22/h1-5,7-12,25-27H,6,13-21H2,(H,32,36)/t25-,26?,27-,30?/m1/s1. The Morgan fingerprint density at radius 3 is 2.53 bits per heavy atom. The molecule has 1 spiro atoms. The topological polar surface area (TPSA) is 65.1 Å². The molecule has 2 amide bonds. The number of carbonyl (C=O) groups is 2. The molecular formula is C30H35ClN4O3. The summed E-state index contributed by atoms with van der Waals surface area (Å²) in [6.45, 7) is 7.65. The third-order valence-electron chi connectivity index (χ3n) is 8.46. The third-order valence-corrected chi connectivity index (χ3v) is 8.83. The Morgan fingerprint density at radius 2 is 1.74 bits per heavy atom. The molecule has 6 rings (SSSR count). The maximum atomic E-state index is 13.5. The molecule has 4 aliphatic rings. The molecule has 0 aromatic heterocycles. The average molecular weight is 535 g/mol. The van der Waals surface area contributed by atoms with Crippen LogP contribution in [0.25, 0.3) is 0 Å². The van der Waals surface area contributed by atoms with Crippen molar-refractivity contribution in [2.75, 3.05) is 45.8 Å². The van der Waals surface area contributed by atoms with Crippen molar-refractivity contribution in [2.24, 2.45) is 11.8 Å². The quantitative estimate of drug-likeness (QED) is 0.396. The van der Waals surface area contributed by atoms with Gasteiger partial charge in [0.2, 0.25) is 11.8 Å². The number of rotatable bonds is 9. The fraction of sp³-hybridized carbons (Fsp3) is 0.467. The summed E-state index contributed by atoms with van der Waals surface area (Å²) in [6.07, 6.45) is 4.51. The largest absolute Gasteiger partial charge is 0.360 e. The molecule has 2 bridgehead atoms. The minimum atomic E-state index is -0.704. The van der Waals surface area contributed by atoms with E-state index in [1.807, 2.05) is 36.4 Å². The molecule has 1 N–H and O–H groups in total. The minimum absolute atomic E-state index is 0.0229. The van der Waals surface area contributed by atoms with E-state index in [0.717, 1.165) is 51.3 Å². The van der Waals surface area contributed by atoms with Gasteiger partial charge in [0.15, 0.2) is 0 Å². The van der Waals surface area contributed by atoms with Crippen LogP contribution >= 0.6 is 11.6 Å². The predicted molar refractivity (Wildman–Crippen MR) is 146 cm³/mol. The first kappa shape index (κ1) is 25.6. The van der Waals surface area contributed by atoms with E-state index in [2.05, 4.69) is 45.4 Å². The number of piperazine rings is 1. The summed E-state index contributed by atoms with van der Waals surface area (Å²) in [5, 5.41) is 3.75. The first-order valence-corrected chi connectivity index (χ1v) is 14.1. The van der Waals surface area contributed by atoms with Crippen molar-refractivity contribution in [3.8, 4) is 0 Å². The Labute approximate surface area is 229 Å². The van der Waals surface area contributed by atoms with Crippen LogP contribution in [0.2, 0.25) is 5.02 Å². The molecule has 0 radical (unpaired) electrons. The van der Waals surface area contributed by atoms with Gasteiger partial charge in [0, 0.05) is 50.8 Å². The number of nitrogens with zero attached hydrogens (tertiary/aromatic N) is 3. The maximum Gasteiger partial charge on any atom is 0.230 e. The van der Waals surface area contributed by atoms with Crippen LogP contribution in [-0.4, -0.2) is 84.0 Å². The van der Waals surface area contributed by atoms with Gasteiger partial charge in [0.1, 0.15) is 5.60 Å². The Hall–Kier alpha value is -2.71. The average Bonchev–Trinajstić information content (AvgIpc) is 3.57. The van der Waals surface area contributed by atoms with Gasteiger partial charge in [-0.05, 0) is 30.2 Å². The summed E-state index contributed by atoms with van der Waals surface area (Å²) >= 11 is 6.34. The van der Waals surface area contributed by atoms with Crippen LogP contribution in [-0.2, 0) is 27.4 Å². The van der Waals surface area contributed by atoms with Crippen LogP contribution in [0.1, 0.15) is 17.5 Å². The van der Waals surface area contributed by atoms with Gasteiger partial charge in [-0.2, -0.15) is 0 Å². The van der Waals surface area contributed by atoms with Crippen molar-refractivity contribution < 1.29 is 14.3 Å². The van der Waals surface area contributed by atoms with E-state index in [4.69, 9.17) is 16.3 Å². The number of amides is 2. The third kappa shape index (κ3) is 5.00. The lowest BCUT2D eigenvalue weighted by Crippen LogP contribution is -2.47. The summed E-state index contributed by atoms with van der Waals surface area (Å²) in [4.78, 5) is 33.5. The molecule has 2 aromatic rings. The van der Waals surface area contributed by atoms with Crippen molar-refractivity contribution >= 4 is 23.4 Å². The number of benzene rings is 2. The zero-order valence-corrected chi connectivity index (χ0v) is 22.4. The lowest BCUT2D eigenvalue weighted by molar-refractivity contribution is -0.137. The van der Waals surface area contributed by atoms with Gasteiger partial charge in [0.25, 0.3) is 0 Å². The second-order valence-corrected chi connectivity index (χ2v) is 11.3. The predicted octanol–water partition coefficient (Wildman–Crippen LogP) is 2.95. The van der Waals surface area contributed by atoms with Crippen LogP contribution in [0.5, 0.6) is 0 Å². The van der Waals surface area contributed by atoms with Crippen LogP contribution in [0.3, 0.4) is 0 Å². The molecule has 4 atom stereocenters. The van der Waals surface area contributed by atoms with Gasteiger partial charge in [-0.25, -0.2) is 0 Å². The smallest absolute Gasteiger partial charge is 0.230 e.